The fourth-order valence-electron chi connectivity index (χ4n) is 10.1. The molecule has 3 saturated heterocycles. The third-order valence-electron chi connectivity index (χ3n) is 12.7. The molecule has 1 aliphatic carbocycles. The molecule has 0 radical (unpaired) electrons. The molecule has 5 aliphatic heterocycles. The molecule has 9 rings (SSSR count). The number of piperidine rings is 1. The Kier molecular flexibility index (Phi) is 8.50. The molecule has 13 nitrogen and oxygen atoms in total. The van der Waals surface area contributed by atoms with Gasteiger partial charge in [-0.1, -0.05) is 45.2 Å². The first-order valence-corrected chi connectivity index (χ1v) is 19.6. The molecule has 57 heavy (non-hydrogen) atoms. The van der Waals surface area contributed by atoms with Crippen molar-refractivity contribution in [1.82, 2.24) is 25.0 Å². The maximum Gasteiger partial charge on any atom is 0.262 e. The van der Waals surface area contributed by atoms with Crippen molar-refractivity contribution in [2.45, 2.75) is 71.3 Å². The zero-order valence-electron chi connectivity index (χ0n) is 32.0. The van der Waals surface area contributed by atoms with Crippen LogP contribution in [0.25, 0.3) is 0 Å². The molecule has 4 fully saturated rings. The summed E-state index contributed by atoms with van der Waals surface area (Å²) in [6.45, 7) is 12.2. The van der Waals surface area contributed by atoms with Crippen molar-refractivity contribution in [2.75, 3.05) is 31.1 Å². The number of ether oxygens (including phenoxy) is 1. The predicted molar refractivity (Wildman–Crippen MR) is 207 cm³/mol. The maximum atomic E-state index is 13.7. The smallest absolute Gasteiger partial charge is 0.262 e. The Balaban J connectivity index is 0.783. The van der Waals surface area contributed by atoms with Gasteiger partial charge in [-0.15, -0.1) is 0 Å². The number of nitrogens with one attached hydrogen (secondary N) is 1. The molecule has 5 amide bonds. The molecule has 6 aliphatic rings. The number of carbonyl (C=O) groups excluding carboxylic acids is 5. The van der Waals surface area contributed by atoms with Crippen molar-refractivity contribution >= 4 is 46.8 Å². The Labute approximate surface area is 334 Å². The second kappa shape index (κ2) is 13.2. The molecule has 290 valence electrons. The molecule has 1 aromatic heterocycles. The number of imide groups is 2. The van der Waals surface area contributed by atoms with Gasteiger partial charge in [-0.25, -0.2) is 4.98 Å². The summed E-state index contributed by atoms with van der Waals surface area (Å²) in [6.07, 6.45) is 1.66. The number of carbonyl (C=O) groups is 5. The Morgan fingerprint density at radius 2 is 1.63 bits per heavy atom. The number of benzene rings is 2. The molecule has 1 atom stereocenters. The zero-order chi connectivity index (χ0) is 40.1. The van der Waals surface area contributed by atoms with Crippen LogP contribution in [0.4, 0.5) is 5.69 Å². The van der Waals surface area contributed by atoms with Gasteiger partial charge in [0.1, 0.15) is 29.7 Å². The maximum absolute atomic E-state index is 13.7. The van der Waals surface area contributed by atoms with E-state index in [1.807, 2.05) is 17.0 Å². The number of fused-ring (bicyclic) bond motifs is 2. The lowest BCUT2D eigenvalue weighted by Gasteiger charge is -2.65. The quantitative estimate of drug-likeness (QED) is 0.286. The van der Waals surface area contributed by atoms with Gasteiger partial charge in [0, 0.05) is 85.9 Å². The van der Waals surface area contributed by atoms with Gasteiger partial charge in [0.05, 0.1) is 27.3 Å². The van der Waals surface area contributed by atoms with Crippen LogP contribution in [0.1, 0.15) is 88.4 Å². The van der Waals surface area contributed by atoms with Crippen LogP contribution < -0.4 is 15.0 Å². The van der Waals surface area contributed by atoms with Gasteiger partial charge >= 0.3 is 0 Å². The van der Waals surface area contributed by atoms with Gasteiger partial charge in [-0.3, -0.25) is 39.1 Å². The van der Waals surface area contributed by atoms with Crippen LogP contribution >= 0.6 is 11.6 Å². The van der Waals surface area contributed by atoms with E-state index in [4.69, 9.17) is 16.3 Å². The normalized spacial score (nSPS) is 25.1. The number of rotatable bonds is 6. The highest BCUT2D eigenvalue weighted by Crippen LogP contribution is 2.59. The molecule has 3 aromatic rings. The second-order valence-corrected chi connectivity index (χ2v) is 17.5. The van der Waals surface area contributed by atoms with E-state index in [-0.39, 0.29) is 58.8 Å². The van der Waals surface area contributed by atoms with E-state index in [2.05, 4.69) is 65.7 Å². The molecule has 0 bridgehead atoms. The molecule has 0 spiro atoms. The third-order valence-corrected chi connectivity index (χ3v) is 13.0. The Morgan fingerprint density at radius 3 is 2.33 bits per heavy atom. The number of amides is 5. The van der Waals surface area contributed by atoms with Gasteiger partial charge in [-0.2, -0.15) is 5.26 Å². The lowest BCUT2D eigenvalue weighted by molar-refractivity contribution is -0.199. The van der Waals surface area contributed by atoms with Crippen LogP contribution in [0.15, 0.2) is 48.7 Å². The minimum absolute atomic E-state index is 0.0404. The van der Waals surface area contributed by atoms with Crippen LogP contribution in [-0.2, 0) is 16.1 Å². The summed E-state index contributed by atoms with van der Waals surface area (Å²) in [4.78, 5) is 76.1. The molecule has 2 aromatic carbocycles. The molecule has 6 heterocycles. The molecule has 1 N–H and O–H groups in total. The first kappa shape index (κ1) is 36.9. The first-order valence-electron chi connectivity index (χ1n) is 19.2. The van der Waals surface area contributed by atoms with Crippen LogP contribution in [0.2, 0.25) is 5.02 Å². The monoisotopic (exact) mass is 785 g/mol. The summed E-state index contributed by atoms with van der Waals surface area (Å²) in [6, 6.07) is 13.6. The van der Waals surface area contributed by atoms with E-state index in [1.54, 1.807) is 36.5 Å². The fraction of sp³-hybridized carbons (Fsp3) is 0.419. The summed E-state index contributed by atoms with van der Waals surface area (Å²) in [5.41, 5.74) is 3.22. The molecular formula is C43H40ClN7O6. The molecule has 1 unspecified atom stereocenters. The standard InChI is InChI=1S/C43H40ClN7O6/c1-42(2)40(43(3,4)41(42)57-29-9-6-24(16-45)33(44)15-29)50-20-25-13-26(46-17-32(25)37(50)54)7-5-23-18-48(19-23)28-21-49(22-28)27-8-10-30-31(14-27)39(56)51(38(30)55)34-11-12-35(52)47-36(34)53/h6,8-10,13-15,17,23,28,34,40-41H,11-12,18-22H2,1-4H3,(H,47,52,53). The molecular weight excluding hydrogens is 746 g/mol. The van der Waals surface area contributed by atoms with Crippen molar-refractivity contribution in [2.24, 2.45) is 16.7 Å². The number of hydrogen-bond donors (Lipinski definition) is 1. The number of halogens is 1. The van der Waals surface area contributed by atoms with E-state index < -0.39 is 29.7 Å². The number of nitriles is 1. The van der Waals surface area contributed by atoms with E-state index in [0.717, 1.165) is 42.3 Å². The summed E-state index contributed by atoms with van der Waals surface area (Å²) in [5.74, 6) is 5.34. The van der Waals surface area contributed by atoms with E-state index in [1.165, 1.54) is 0 Å². The lowest BCUT2D eigenvalue weighted by atomic mass is 9.49. The van der Waals surface area contributed by atoms with Crippen molar-refractivity contribution in [3.05, 3.63) is 87.2 Å². The highest BCUT2D eigenvalue weighted by molar-refractivity contribution is 6.31. The van der Waals surface area contributed by atoms with Gasteiger partial charge in [0.25, 0.3) is 17.7 Å². The Morgan fingerprint density at radius 1 is 0.895 bits per heavy atom. The van der Waals surface area contributed by atoms with Crippen molar-refractivity contribution in [3.63, 3.8) is 0 Å². The Hall–Kier alpha value is -5.76. The van der Waals surface area contributed by atoms with Crippen LogP contribution in [0, 0.1) is 39.9 Å². The average molecular weight is 786 g/mol. The largest absolute Gasteiger partial charge is 0.489 e. The number of anilines is 1. The van der Waals surface area contributed by atoms with E-state index in [9.17, 15) is 29.2 Å². The highest BCUT2D eigenvalue weighted by atomic mass is 35.5. The molecule has 1 saturated carbocycles. The number of likely N-dealkylation sites (tertiary alicyclic amines) is 1. The summed E-state index contributed by atoms with van der Waals surface area (Å²) in [5, 5.41) is 11.8. The topological polar surface area (TPSA) is 156 Å². The summed E-state index contributed by atoms with van der Waals surface area (Å²) < 4.78 is 6.45. The minimum Gasteiger partial charge on any atom is -0.489 e. The van der Waals surface area contributed by atoms with Gasteiger partial charge < -0.3 is 14.5 Å². The van der Waals surface area contributed by atoms with Gasteiger partial charge in [0.15, 0.2) is 0 Å². The fourth-order valence-corrected chi connectivity index (χ4v) is 10.4. The number of nitrogens with zero attached hydrogens (tertiary/aromatic N) is 6. The second-order valence-electron chi connectivity index (χ2n) is 17.1. The van der Waals surface area contributed by atoms with E-state index in [0.29, 0.717) is 40.2 Å². The SMILES string of the molecule is CC1(C)C(Oc2ccc(C#N)c(Cl)c2)C(C)(C)C1N1Cc2cc(C#CC3CN(C4CN(c5ccc6c(c5)C(=O)N(C5CCC(=O)NC5=O)C6=O)C4)C3)ncc2C1=O. The van der Waals surface area contributed by atoms with Gasteiger partial charge in [-0.05, 0) is 54.3 Å². The van der Waals surface area contributed by atoms with Crippen molar-refractivity contribution < 1.29 is 28.7 Å². The highest BCUT2D eigenvalue weighted by Gasteiger charge is 2.67. The Bertz CT molecular complexity index is 2400. The number of aromatic nitrogens is 1. The zero-order valence-corrected chi connectivity index (χ0v) is 32.7. The predicted octanol–water partition coefficient (Wildman–Crippen LogP) is 4.02. The summed E-state index contributed by atoms with van der Waals surface area (Å²) >= 11 is 6.28. The number of hydrogen-bond acceptors (Lipinski definition) is 10. The van der Waals surface area contributed by atoms with Crippen molar-refractivity contribution in [1.29, 1.82) is 5.26 Å². The van der Waals surface area contributed by atoms with E-state index >= 15 is 0 Å². The third kappa shape index (κ3) is 5.86. The van der Waals surface area contributed by atoms with Crippen molar-refractivity contribution in [3.8, 4) is 23.7 Å². The first-order chi connectivity index (χ1) is 27.1. The van der Waals surface area contributed by atoms with Crippen LogP contribution in [0.5, 0.6) is 5.75 Å². The summed E-state index contributed by atoms with van der Waals surface area (Å²) in [7, 11) is 0. The van der Waals surface area contributed by atoms with Crippen LogP contribution in [0.3, 0.4) is 0 Å². The lowest BCUT2D eigenvalue weighted by Crippen LogP contribution is -2.74. The minimum atomic E-state index is -0.987. The molecule has 14 heteroatoms. The average Bonchev–Trinajstić information content (AvgIpc) is 3.57. The number of pyridine rings is 1. The van der Waals surface area contributed by atoms with Gasteiger partial charge in [0.2, 0.25) is 11.8 Å². The van der Waals surface area contributed by atoms with Crippen LogP contribution in [-0.4, -0.2) is 99.6 Å².